The Morgan fingerprint density at radius 1 is 1.38 bits per heavy atom. The highest BCUT2D eigenvalue weighted by molar-refractivity contribution is 7.91. The molecule has 0 aliphatic heterocycles. The van der Waals surface area contributed by atoms with Crippen LogP contribution in [0.3, 0.4) is 0 Å². The number of nitrogens with two attached hydrogens (primary N) is 1. The van der Waals surface area contributed by atoms with Crippen LogP contribution in [0, 0.1) is 12.8 Å². The molecule has 0 spiro atoms. The molecule has 1 aliphatic rings. The molecule has 0 amide bonds. The van der Waals surface area contributed by atoms with Gasteiger partial charge in [-0.05, 0) is 37.0 Å². The first-order valence-corrected chi connectivity index (χ1v) is 7.23. The molecule has 1 saturated carbocycles. The van der Waals surface area contributed by atoms with Crippen LogP contribution < -0.4 is 5.73 Å². The van der Waals surface area contributed by atoms with E-state index in [1.165, 1.54) is 12.8 Å². The van der Waals surface area contributed by atoms with Gasteiger partial charge in [0.1, 0.15) is 0 Å². The van der Waals surface area contributed by atoms with Gasteiger partial charge in [0.25, 0.3) is 0 Å². The van der Waals surface area contributed by atoms with Gasteiger partial charge in [0, 0.05) is 0 Å². The summed E-state index contributed by atoms with van der Waals surface area (Å²) in [4.78, 5) is 0.299. The Balaban J connectivity index is 2.22. The third-order valence-corrected chi connectivity index (χ3v) is 4.79. The van der Waals surface area contributed by atoms with E-state index < -0.39 is 9.84 Å². The smallest absolute Gasteiger partial charge is 0.180 e. The molecule has 0 bridgehead atoms. The SMILES string of the molecule is Cc1ccc(N)c(S(=O)(=O)CCC2CC2)c1. The van der Waals surface area contributed by atoms with Gasteiger partial charge < -0.3 is 5.73 Å². The van der Waals surface area contributed by atoms with Gasteiger partial charge >= 0.3 is 0 Å². The van der Waals surface area contributed by atoms with E-state index in [-0.39, 0.29) is 5.75 Å². The summed E-state index contributed by atoms with van der Waals surface area (Å²) in [5.41, 5.74) is 7.01. The summed E-state index contributed by atoms with van der Waals surface area (Å²) in [5.74, 6) is 0.853. The number of benzene rings is 1. The van der Waals surface area contributed by atoms with Gasteiger partial charge in [-0.2, -0.15) is 0 Å². The molecule has 1 aliphatic carbocycles. The number of rotatable bonds is 4. The first-order chi connectivity index (χ1) is 7.49. The quantitative estimate of drug-likeness (QED) is 0.819. The van der Waals surface area contributed by atoms with Crippen LogP contribution in [0.25, 0.3) is 0 Å². The van der Waals surface area contributed by atoms with Crippen molar-refractivity contribution in [2.45, 2.75) is 31.1 Å². The zero-order valence-electron chi connectivity index (χ0n) is 9.44. The number of sulfone groups is 1. The first kappa shape index (κ1) is 11.5. The molecule has 2 rings (SSSR count). The van der Waals surface area contributed by atoms with Crippen molar-refractivity contribution >= 4 is 15.5 Å². The second-order valence-corrected chi connectivity index (χ2v) is 6.67. The molecule has 0 unspecified atom stereocenters. The van der Waals surface area contributed by atoms with E-state index in [0.29, 0.717) is 16.5 Å². The molecular weight excluding hydrogens is 222 g/mol. The van der Waals surface area contributed by atoms with Crippen LogP contribution >= 0.6 is 0 Å². The van der Waals surface area contributed by atoms with Gasteiger partial charge in [-0.25, -0.2) is 8.42 Å². The van der Waals surface area contributed by atoms with E-state index in [0.717, 1.165) is 12.0 Å². The monoisotopic (exact) mass is 239 g/mol. The normalized spacial score (nSPS) is 16.3. The summed E-state index contributed by atoms with van der Waals surface area (Å²) in [6, 6.07) is 5.16. The van der Waals surface area contributed by atoms with Crippen molar-refractivity contribution in [2.24, 2.45) is 5.92 Å². The maximum absolute atomic E-state index is 12.1. The highest BCUT2D eigenvalue weighted by Crippen LogP contribution is 2.33. The van der Waals surface area contributed by atoms with Crippen molar-refractivity contribution in [1.29, 1.82) is 0 Å². The molecule has 3 nitrogen and oxygen atoms in total. The highest BCUT2D eigenvalue weighted by Gasteiger charge is 2.25. The van der Waals surface area contributed by atoms with Gasteiger partial charge in [-0.15, -0.1) is 0 Å². The maximum Gasteiger partial charge on any atom is 0.180 e. The molecule has 1 aromatic rings. The third-order valence-electron chi connectivity index (χ3n) is 3.00. The van der Waals surface area contributed by atoms with E-state index >= 15 is 0 Å². The highest BCUT2D eigenvalue weighted by atomic mass is 32.2. The lowest BCUT2D eigenvalue weighted by Gasteiger charge is -2.08. The van der Waals surface area contributed by atoms with E-state index in [4.69, 9.17) is 5.73 Å². The van der Waals surface area contributed by atoms with E-state index in [1.54, 1.807) is 12.1 Å². The minimum Gasteiger partial charge on any atom is -0.398 e. The first-order valence-electron chi connectivity index (χ1n) is 5.58. The Kier molecular flexibility index (Phi) is 2.93. The van der Waals surface area contributed by atoms with Gasteiger partial charge in [0.05, 0.1) is 16.3 Å². The Bertz CT molecular complexity index is 490. The summed E-state index contributed by atoms with van der Waals surface area (Å²) < 4.78 is 24.1. The fourth-order valence-corrected chi connectivity index (χ4v) is 3.41. The zero-order valence-corrected chi connectivity index (χ0v) is 10.3. The van der Waals surface area contributed by atoms with Crippen molar-refractivity contribution < 1.29 is 8.42 Å². The van der Waals surface area contributed by atoms with Crippen molar-refractivity contribution in [2.75, 3.05) is 11.5 Å². The second kappa shape index (κ2) is 4.09. The lowest BCUT2D eigenvalue weighted by Crippen LogP contribution is -2.10. The lowest BCUT2D eigenvalue weighted by molar-refractivity contribution is 0.590. The molecular formula is C12H17NO2S. The van der Waals surface area contributed by atoms with Crippen LogP contribution in [-0.4, -0.2) is 14.2 Å². The van der Waals surface area contributed by atoms with Crippen LogP contribution in [0.15, 0.2) is 23.1 Å². The predicted octanol–water partition coefficient (Wildman–Crippen LogP) is 2.15. The number of anilines is 1. The average molecular weight is 239 g/mol. The Labute approximate surface area is 96.6 Å². The average Bonchev–Trinajstić information content (AvgIpc) is 3.02. The van der Waals surface area contributed by atoms with Gasteiger partial charge in [0.15, 0.2) is 9.84 Å². The topological polar surface area (TPSA) is 60.2 Å². The molecule has 2 N–H and O–H groups in total. The number of hydrogen-bond acceptors (Lipinski definition) is 3. The van der Waals surface area contributed by atoms with E-state index in [1.807, 2.05) is 13.0 Å². The molecule has 4 heteroatoms. The van der Waals surface area contributed by atoms with Crippen LogP contribution in [0.4, 0.5) is 5.69 Å². The van der Waals surface area contributed by atoms with Gasteiger partial charge in [0.2, 0.25) is 0 Å². The van der Waals surface area contributed by atoms with Crippen molar-refractivity contribution in [3.8, 4) is 0 Å². The summed E-state index contributed by atoms with van der Waals surface area (Å²) in [7, 11) is -3.19. The van der Waals surface area contributed by atoms with Gasteiger partial charge in [-0.3, -0.25) is 0 Å². The molecule has 1 fully saturated rings. The number of nitrogen functional groups attached to an aromatic ring is 1. The Morgan fingerprint density at radius 2 is 2.06 bits per heavy atom. The van der Waals surface area contributed by atoms with Crippen LogP contribution in [0.2, 0.25) is 0 Å². The third kappa shape index (κ3) is 2.55. The summed E-state index contributed by atoms with van der Waals surface area (Å²) in [5, 5.41) is 0. The molecule has 0 aromatic heterocycles. The molecule has 88 valence electrons. The number of aryl methyl sites for hydroxylation is 1. The Morgan fingerprint density at radius 3 is 2.69 bits per heavy atom. The van der Waals surface area contributed by atoms with Gasteiger partial charge in [-0.1, -0.05) is 18.9 Å². The molecule has 16 heavy (non-hydrogen) atoms. The maximum atomic E-state index is 12.1. The summed E-state index contributed by atoms with van der Waals surface area (Å²) in [6.45, 7) is 1.87. The Hall–Kier alpha value is -1.03. The standard InChI is InChI=1S/C12H17NO2S/c1-9-2-5-11(13)12(8-9)16(14,15)7-6-10-3-4-10/h2,5,8,10H,3-4,6-7,13H2,1H3. The second-order valence-electron chi connectivity index (χ2n) is 4.59. The minimum absolute atomic E-state index is 0.228. The molecule has 0 saturated heterocycles. The molecule has 1 aromatic carbocycles. The van der Waals surface area contributed by atoms with Crippen molar-refractivity contribution in [1.82, 2.24) is 0 Å². The van der Waals surface area contributed by atoms with E-state index in [9.17, 15) is 8.42 Å². The largest absolute Gasteiger partial charge is 0.398 e. The lowest BCUT2D eigenvalue weighted by atomic mass is 10.2. The number of hydrogen-bond donors (Lipinski definition) is 1. The minimum atomic E-state index is -3.19. The summed E-state index contributed by atoms with van der Waals surface area (Å²) in [6.07, 6.45) is 3.13. The summed E-state index contributed by atoms with van der Waals surface area (Å²) >= 11 is 0. The molecule has 0 atom stereocenters. The van der Waals surface area contributed by atoms with E-state index in [2.05, 4.69) is 0 Å². The predicted molar refractivity (Wildman–Crippen MR) is 65.0 cm³/mol. The van der Waals surface area contributed by atoms with Crippen molar-refractivity contribution in [3.63, 3.8) is 0 Å². The van der Waals surface area contributed by atoms with Crippen LogP contribution in [0.1, 0.15) is 24.8 Å². The van der Waals surface area contributed by atoms with Crippen LogP contribution in [-0.2, 0) is 9.84 Å². The molecule has 0 heterocycles. The van der Waals surface area contributed by atoms with Crippen molar-refractivity contribution in [3.05, 3.63) is 23.8 Å². The fraction of sp³-hybridized carbons (Fsp3) is 0.500. The van der Waals surface area contributed by atoms with Crippen LogP contribution in [0.5, 0.6) is 0 Å². The fourth-order valence-electron chi connectivity index (χ4n) is 1.75. The molecule has 0 radical (unpaired) electrons. The zero-order chi connectivity index (χ0) is 11.8.